The first-order chi connectivity index (χ1) is 34.1. The highest BCUT2D eigenvalue weighted by Gasteiger charge is 2.50. The minimum atomic E-state index is -4.70. The number of piperidine rings is 1. The fraction of sp³-hybridized carbons (Fsp3) is 0.519. The van der Waals surface area contributed by atoms with Gasteiger partial charge in [-0.2, -0.15) is 4.98 Å². The van der Waals surface area contributed by atoms with Crippen molar-refractivity contribution in [3.05, 3.63) is 99.7 Å². The molecular formula is C54H65N7O9S. The Bertz CT molecular complexity index is 2950. The van der Waals surface area contributed by atoms with Crippen molar-refractivity contribution in [2.75, 3.05) is 36.5 Å². The minimum absolute atomic E-state index is 0.000479. The Kier molecular flexibility index (Phi) is 12.4. The summed E-state index contributed by atoms with van der Waals surface area (Å²) in [6, 6.07) is 20.8. The van der Waals surface area contributed by atoms with Gasteiger partial charge in [-0.15, -0.1) is 0 Å². The van der Waals surface area contributed by atoms with E-state index in [9.17, 15) is 28.4 Å². The van der Waals surface area contributed by atoms with Crippen molar-refractivity contribution in [1.82, 2.24) is 19.6 Å². The molecule has 3 aliphatic heterocycles. The Morgan fingerprint density at radius 1 is 0.958 bits per heavy atom. The summed E-state index contributed by atoms with van der Waals surface area (Å²) >= 11 is 0. The number of aliphatic hydroxyl groups is 1. The lowest BCUT2D eigenvalue weighted by atomic mass is 9.59. The average molecular weight is 988 g/mol. The highest BCUT2D eigenvalue weighted by molar-refractivity contribution is 7.90. The number of carbonyl (C=O) groups excluding carboxylic acids is 1. The van der Waals surface area contributed by atoms with E-state index in [0.29, 0.717) is 49.3 Å². The SMILES string of the molecule is CC(C)c1ccccc1[C@H]1CCCN1C1CC2(CCN(c3ccc(C(=O)NS(=O)(=O)c4cc5c(c([N+](=O)[O-])c4)N[C@@H]([C@H]4CC[C@](C)(O)CC4)CO5)c(Oc4cc5cc[nH]c5nc4OC4CCC4)c3)CC2)C1. The number of amides is 1. The smallest absolute Gasteiger partial charge is 0.297 e. The number of sulfonamides is 1. The lowest BCUT2D eigenvalue weighted by molar-refractivity contribution is -0.384. The molecular weight excluding hydrogens is 923 g/mol. The molecule has 11 rings (SSSR count). The van der Waals surface area contributed by atoms with Crippen molar-refractivity contribution in [3.8, 4) is 23.1 Å². The topological polar surface area (TPSA) is 201 Å². The molecule has 16 nitrogen and oxygen atoms in total. The number of benzene rings is 3. The minimum Gasteiger partial charge on any atom is -0.489 e. The second-order valence-electron chi connectivity index (χ2n) is 21.8. The quantitative estimate of drug-likeness (QED) is 0.0642. The number of aromatic amines is 1. The molecule has 3 aliphatic carbocycles. The van der Waals surface area contributed by atoms with Crippen LogP contribution in [0.1, 0.15) is 138 Å². The van der Waals surface area contributed by atoms with Crippen LogP contribution in [0.15, 0.2) is 77.8 Å². The van der Waals surface area contributed by atoms with Gasteiger partial charge in [0.25, 0.3) is 27.5 Å². The molecule has 71 heavy (non-hydrogen) atoms. The largest absolute Gasteiger partial charge is 0.489 e. The van der Waals surface area contributed by atoms with Gasteiger partial charge in [0.05, 0.1) is 27.0 Å². The standard InChI is InChI=1S/C54H65N7O9S/c1-33(2)40-10-4-5-11-41(40)44-12-7-23-60(44)37-30-54(31-37)20-24-59(25-21-54)36-13-14-42(46(27-36)70-48-26-35-17-22-55-50(35)57-52(48)69-38-8-6-9-38)51(62)58-71(66,67)39-28-45(61(64)65)49-47(29-39)68-32-43(56-49)34-15-18-53(3,63)19-16-34/h4-5,10-11,13-14,17,22,26-29,33-34,37-38,43-44,56,63H,6-9,12,15-16,18-21,23-25,30-32H2,1-3H3,(H,55,57)(H,58,62)/t34-,43-,44-,53-/m1/s1. The maximum absolute atomic E-state index is 14.4. The van der Waals surface area contributed by atoms with E-state index in [2.05, 4.69) is 62.9 Å². The summed E-state index contributed by atoms with van der Waals surface area (Å²) in [7, 11) is -4.70. The van der Waals surface area contributed by atoms with Crippen LogP contribution in [-0.4, -0.2) is 89.3 Å². The average Bonchev–Trinajstić information content (AvgIpc) is 4.01. The number of hydrogen-bond donors (Lipinski definition) is 4. The van der Waals surface area contributed by atoms with Crippen molar-refractivity contribution in [2.24, 2.45) is 11.3 Å². The Labute approximate surface area is 415 Å². The Morgan fingerprint density at radius 2 is 1.73 bits per heavy atom. The van der Waals surface area contributed by atoms with Gasteiger partial charge in [-0.1, -0.05) is 38.1 Å². The van der Waals surface area contributed by atoms with E-state index < -0.39 is 37.0 Å². The van der Waals surface area contributed by atoms with Gasteiger partial charge in [0.2, 0.25) is 0 Å². The van der Waals surface area contributed by atoms with Crippen molar-refractivity contribution >= 4 is 44.0 Å². The van der Waals surface area contributed by atoms with Gasteiger partial charge in [0, 0.05) is 60.6 Å². The highest BCUT2D eigenvalue weighted by Crippen LogP contribution is 2.55. The first-order valence-electron chi connectivity index (χ1n) is 25.7. The van der Waals surface area contributed by atoms with Crippen LogP contribution in [0.2, 0.25) is 0 Å². The molecule has 2 atom stereocenters. The van der Waals surface area contributed by atoms with E-state index in [4.69, 9.17) is 19.2 Å². The fourth-order valence-corrected chi connectivity index (χ4v) is 13.3. The van der Waals surface area contributed by atoms with E-state index in [0.717, 1.165) is 68.9 Å². The van der Waals surface area contributed by atoms with Gasteiger partial charge in [0.1, 0.15) is 24.1 Å². The zero-order valence-corrected chi connectivity index (χ0v) is 41.6. The third kappa shape index (κ3) is 9.40. The predicted octanol–water partition coefficient (Wildman–Crippen LogP) is 10.1. The second kappa shape index (κ2) is 18.6. The number of rotatable bonds is 13. The van der Waals surface area contributed by atoms with E-state index in [1.54, 1.807) is 24.4 Å². The molecule has 1 amide bonds. The van der Waals surface area contributed by atoms with Gasteiger partial charge >= 0.3 is 0 Å². The van der Waals surface area contributed by atoms with E-state index in [1.807, 2.05) is 19.1 Å². The van der Waals surface area contributed by atoms with E-state index in [1.165, 1.54) is 42.9 Å². The summed E-state index contributed by atoms with van der Waals surface area (Å²) in [6.45, 7) is 9.31. The molecule has 5 fully saturated rings. The first-order valence-corrected chi connectivity index (χ1v) is 27.2. The summed E-state index contributed by atoms with van der Waals surface area (Å²) in [4.78, 5) is 38.7. The third-order valence-corrected chi connectivity index (χ3v) is 18.0. The number of hydrogen-bond acceptors (Lipinski definition) is 13. The molecule has 1 spiro atoms. The summed E-state index contributed by atoms with van der Waals surface area (Å²) in [5, 5.41) is 27.0. The molecule has 6 aliphatic rings. The van der Waals surface area contributed by atoms with Gasteiger partial charge in [-0.05, 0) is 150 Å². The zero-order chi connectivity index (χ0) is 49.2. The van der Waals surface area contributed by atoms with Gasteiger partial charge in [0.15, 0.2) is 17.2 Å². The maximum Gasteiger partial charge on any atom is 0.297 e. The number of likely N-dealkylation sites (tertiary alicyclic amines) is 1. The number of ether oxygens (including phenoxy) is 3. The number of aromatic nitrogens is 2. The molecule has 5 aromatic rings. The van der Waals surface area contributed by atoms with Crippen molar-refractivity contribution in [2.45, 2.75) is 145 Å². The monoisotopic (exact) mass is 987 g/mol. The first kappa shape index (κ1) is 47.4. The Morgan fingerprint density at radius 3 is 2.46 bits per heavy atom. The molecule has 5 heterocycles. The lowest BCUT2D eigenvalue weighted by Gasteiger charge is -2.56. The van der Waals surface area contributed by atoms with E-state index in [-0.39, 0.29) is 64.5 Å². The predicted molar refractivity (Wildman–Crippen MR) is 270 cm³/mol. The second-order valence-corrected chi connectivity index (χ2v) is 23.5. The molecule has 2 saturated heterocycles. The normalized spacial score (nSPS) is 24.7. The number of nitrogens with one attached hydrogen (secondary N) is 3. The molecule has 3 saturated carbocycles. The molecule has 2 aromatic heterocycles. The van der Waals surface area contributed by atoms with Crippen molar-refractivity contribution < 1.29 is 37.5 Å². The molecule has 0 unspecified atom stereocenters. The number of carbonyl (C=O) groups is 1. The number of H-pyrrole nitrogens is 1. The maximum atomic E-state index is 14.4. The highest BCUT2D eigenvalue weighted by atomic mass is 32.2. The molecule has 17 heteroatoms. The van der Waals surface area contributed by atoms with Gasteiger partial charge in [-0.25, -0.2) is 13.1 Å². The van der Waals surface area contributed by atoms with Crippen LogP contribution in [0.4, 0.5) is 17.1 Å². The number of nitrogens with zero attached hydrogens (tertiary/aromatic N) is 4. The summed E-state index contributed by atoms with van der Waals surface area (Å²) in [5.74, 6) is 0.245. The van der Waals surface area contributed by atoms with Crippen LogP contribution >= 0.6 is 0 Å². The molecule has 4 N–H and O–H groups in total. The van der Waals surface area contributed by atoms with Gasteiger partial charge in [-0.3, -0.25) is 19.8 Å². The number of pyridine rings is 1. The number of fused-ring (bicyclic) bond motifs is 2. The summed E-state index contributed by atoms with van der Waals surface area (Å²) in [5.41, 5.74) is 3.45. The number of anilines is 2. The Balaban J connectivity index is 0.837. The van der Waals surface area contributed by atoms with Crippen LogP contribution in [0.3, 0.4) is 0 Å². The van der Waals surface area contributed by atoms with Crippen LogP contribution < -0.4 is 29.1 Å². The summed E-state index contributed by atoms with van der Waals surface area (Å²) < 4.78 is 49.5. The van der Waals surface area contributed by atoms with Crippen molar-refractivity contribution in [1.29, 1.82) is 0 Å². The van der Waals surface area contributed by atoms with Crippen molar-refractivity contribution in [3.63, 3.8) is 0 Å². The van der Waals surface area contributed by atoms with Crippen LogP contribution in [0, 0.1) is 21.4 Å². The van der Waals surface area contributed by atoms with Crippen LogP contribution in [-0.2, 0) is 10.0 Å². The van der Waals surface area contributed by atoms with Crippen LogP contribution in [0.25, 0.3) is 11.0 Å². The molecule has 3 aromatic carbocycles. The van der Waals surface area contributed by atoms with Gasteiger partial charge < -0.3 is 34.5 Å². The molecule has 376 valence electrons. The lowest BCUT2D eigenvalue weighted by Crippen LogP contribution is -2.54. The van der Waals surface area contributed by atoms with E-state index >= 15 is 0 Å². The molecule has 0 radical (unpaired) electrons. The van der Waals surface area contributed by atoms with Crippen LogP contribution in [0.5, 0.6) is 23.1 Å². The molecule has 0 bridgehead atoms. The Hall–Kier alpha value is -5.91. The third-order valence-electron chi connectivity index (χ3n) is 16.7. The number of nitro groups is 1. The summed E-state index contributed by atoms with van der Waals surface area (Å²) in [6.07, 6.45) is 14.0. The zero-order valence-electron chi connectivity index (χ0n) is 40.8. The number of nitro benzene ring substituents is 1. The fourth-order valence-electron chi connectivity index (χ4n) is 12.3.